The molecule has 0 saturated heterocycles. The number of fused-ring (bicyclic) bond motifs is 7. The number of aromatic nitrogens is 2. The van der Waals surface area contributed by atoms with E-state index in [0.717, 1.165) is 17.2 Å². The van der Waals surface area contributed by atoms with Gasteiger partial charge in [-0.3, -0.25) is 9.59 Å². The van der Waals surface area contributed by atoms with Gasteiger partial charge in [-0.2, -0.15) is 13.2 Å². The lowest BCUT2D eigenvalue weighted by molar-refractivity contribution is -0.137. The molecular formula is C26H24ClF3N6O4S2. The van der Waals surface area contributed by atoms with Gasteiger partial charge in [-0.05, 0) is 48.6 Å². The van der Waals surface area contributed by atoms with Crippen molar-refractivity contribution in [2.24, 2.45) is 0 Å². The van der Waals surface area contributed by atoms with Crippen LogP contribution in [-0.2, 0) is 33.8 Å². The third kappa shape index (κ3) is 5.45. The predicted molar refractivity (Wildman–Crippen MR) is 150 cm³/mol. The highest BCUT2D eigenvalue weighted by Gasteiger charge is 2.39. The minimum Gasteiger partial charge on any atom is -0.355 e. The van der Waals surface area contributed by atoms with Gasteiger partial charge in [0.25, 0.3) is 5.91 Å². The van der Waals surface area contributed by atoms with Crippen LogP contribution < -0.4 is 16.0 Å². The van der Waals surface area contributed by atoms with E-state index in [1.54, 1.807) is 12.1 Å². The van der Waals surface area contributed by atoms with Crippen LogP contribution in [0.5, 0.6) is 0 Å². The minimum absolute atomic E-state index is 0.0491. The number of carbonyl (C=O) groups excluding carboxylic acids is 2. The highest BCUT2D eigenvalue weighted by molar-refractivity contribution is 7.91. The summed E-state index contributed by atoms with van der Waals surface area (Å²) in [5.74, 6) is -1.35. The Morgan fingerprint density at radius 3 is 2.69 bits per heavy atom. The molecule has 0 aliphatic carbocycles. The normalized spacial score (nSPS) is 20.6. The molecule has 0 fully saturated rings. The molecule has 6 rings (SSSR count). The van der Waals surface area contributed by atoms with Gasteiger partial charge >= 0.3 is 6.18 Å². The molecule has 1 aromatic carbocycles. The fourth-order valence-corrected chi connectivity index (χ4v) is 8.40. The van der Waals surface area contributed by atoms with Crippen LogP contribution in [0.1, 0.15) is 39.2 Å². The fourth-order valence-electron chi connectivity index (χ4n) is 5.21. The molecule has 1 unspecified atom stereocenters. The number of hydrogen-bond donors (Lipinski definition) is 3. The average molecular weight is 641 g/mol. The highest BCUT2D eigenvalue weighted by atomic mass is 35.5. The van der Waals surface area contributed by atoms with E-state index in [1.165, 1.54) is 4.90 Å². The number of sulfone groups is 1. The summed E-state index contributed by atoms with van der Waals surface area (Å²) in [7, 11) is -3.97. The van der Waals surface area contributed by atoms with Crippen molar-refractivity contribution in [2.75, 3.05) is 30.7 Å². The molecule has 3 N–H and O–H groups in total. The van der Waals surface area contributed by atoms with Crippen molar-refractivity contribution < 1.29 is 31.2 Å². The fraction of sp³-hybridized carbons (Fsp3) is 0.385. The summed E-state index contributed by atoms with van der Waals surface area (Å²) < 4.78 is 68.5. The third-order valence-electron chi connectivity index (χ3n) is 7.44. The van der Waals surface area contributed by atoms with Crippen molar-refractivity contribution in [1.82, 2.24) is 25.5 Å². The van der Waals surface area contributed by atoms with Gasteiger partial charge in [0, 0.05) is 32.4 Å². The molecule has 0 radical (unpaired) electrons. The van der Waals surface area contributed by atoms with Gasteiger partial charge in [0.05, 0.1) is 38.0 Å². The largest absolute Gasteiger partial charge is 0.420 e. The van der Waals surface area contributed by atoms with E-state index < -0.39 is 39.2 Å². The average Bonchev–Trinajstić information content (AvgIpc) is 3.37. The summed E-state index contributed by atoms with van der Waals surface area (Å²) in [4.78, 5) is 35.1. The Labute approximate surface area is 247 Å². The smallest absolute Gasteiger partial charge is 0.355 e. The van der Waals surface area contributed by atoms with E-state index in [4.69, 9.17) is 11.6 Å². The molecule has 0 saturated carbocycles. The molecule has 10 nitrogen and oxygen atoms in total. The first-order valence-corrected chi connectivity index (χ1v) is 16.0. The number of carbonyl (C=O) groups is 2. The lowest BCUT2D eigenvalue weighted by Crippen LogP contribution is -2.47. The second-order valence-electron chi connectivity index (χ2n) is 10.2. The van der Waals surface area contributed by atoms with E-state index in [2.05, 4.69) is 25.9 Å². The predicted octanol–water partition coefficient (Wildman–Crippen LogP) is 3.77. The van der Waals surface area contributed by atoms with Crippen LogP contribution >= 0.6 is 22.9 Å². The summed E-state index contributed by atoms with van der Waals surface area (Å²) in [5.41, 5.74) is 0.301. The van der Waals surface area contributed by atoms with Gasteiger partial charge in [-0.25, -0.2) is 18.4 Å². The number of benzene rings is 1. The van der Waals surface area contributed by atoms with Crippen molar-refractivity contribution in [3.63, 3.8) is 0 Å². The topological polar surface area (TPSA) is 133 Å². The maximum absolute atomic E-state index is 14.1. The van der Waals surface area contributed by atoms with Gasteiger partial charge in [-0.15, -0.1) is 11.3 Å². The van der Waals surface area contributed by atoms with E-state index in [9.17, 15) is 31.2 Å². The molecular weight excluding hydrogens is 617 g/mol. The Kier molecular flexibility index (Phi) is 7.40. The Bertz CT molecular complexity index is 1710. The molecule has 3 aromatic rings. The van der Waals surface area contributed by atoms with Crippen molar-refractivity contribution in [2.45, 2.75) is 42.9 Å². The van der Waals surface area contributed by atoms with E-state index >= 15 is 0 Å². The summed E-state index contributed by atoms with van der Waals surface area (Å²) in [6, 6.07) is 4.00. The zero-order valence-corrected chi connectivity index (χ0v) is 24.2. The number of alkyl halides is 3. The maximum Gasteiger partial charge on any atom is 0.420 e. The number of nitrogens with one attached hydrogen (secondary N) is 3. The van der Waals surface area contributed by atoms with Crippen molar-refractivity contribution in [1.29, 1.82) is 0 Å². The van der Waals surface area contributed by atoms with Crippen LogP contribution in [0.4, 0.5) is 24.8 Å². The second kappa shape index (κ2) is 10.8. The molecule has 42 heavy (non-hydrogen) atoms. The SMILES string of the molecule is O=C1NCCCCN2CCS(=O)(=O)c3cc(sc3C2=O)-c2nc(ncc2C(F)(F)F)Nc2cc3c(cc2Cl)CNC1C3. The Morgan fingerprint density at radius 1 is 1.10 bits per heavy atom. The molecule has 2 amide bonds. The summed E-state index contributed by atoms with van der Waals surface area (Å²) in [6.07, 6.45) is -2.85. The zero-order valence-electron chi connectivity index (χ0n) is 21.8. The van der Waals surface area contributed by atoms with E-state index in [-0.39, 0.29) is 50.4 Å². The lowest BCUT2D eigenvalue weighted by atomic mass is 9.94. The number of nitrogens with zero attached hydrogens (tertiary/aromatic N) is 3. The number of thiophene rings is 1. The number of anilines is 2. The Balaban J connectivity index is 1.49. The summed E-state index contributed by atoms with van der Waals surface area (Å²) >= 11 is 7.13. The minimum atomic E-state index is -4.86. The summed E-state index contributed by atoms with van der Waals surface area (Å²) in [5, 5.41) is 9.23. The molecule has 222 valence electrons. The monoisotopic (exact) mass is 640 g/mol. The number of amides is 2. The second-order valence-corrected chi connectivity index (χ2v) is 13.8. The Morgan fingerprint density at radius 2 is 1.90 bits per heavy atom. The maximum atomic E-state index is 14.1. The zero-order chi connectivity index (χ0) is 29.8. The molecule has 5 heterocycles. The first kappa shape index (κ1) is 28.8. The first-order valence-electron chi connectivity index (χ1n) is 13.1. The number of hydrogen-bond acceptors (Lipinski definition) is 9. The molecule has 8 bridgehead atoms. The standard InChI is InChI=1S/C26H24ClF3N6O4S2/c27-16-7-14-11-32-18-9-13(14)8-17(16)34-25-33-12-15(26(28,29)30)21(35-25)19-10-20-22(41-19)24(38)36(5-6-42(20,39)40)4-2-1-3-31-23(18)37/h7-8,10,12,18,32H,1-6,9,11H2,(H,31,37)(H,33,34,35). The van der Waals surface area contributed by atoms with Crippen LogP contribution in [0.3, 0.4) is 0 Å². The molecule has 16 heteroatoms. The third-order valence-corrected chi connectivity index (χ3v) is 10.7. The van der Waals surface area contributed by atoms with Crippen molar-refractivity contribution in [3.8, 4) is 10.6 Å². The van der Waals surface area contributed by atoms with Crippen LogP contribution in [0.2, 0.25) is 5.02 Å². The molecule has 2 aromatic heterocycles. The first-order chi connectivity index (χ1) is 19.9. The lowest BCUT2D eigenvalue weighted by Gasteiger charge is -2.26. The Hall–Kier alpha value is -3.27. The van der Waals surface area contributed by atoms with Crippen LogP contribution in [0.25, 0.3) is 10.6 Å². The van der Waals surface area contributed by atoms with E-state index in [0.29, 0.717) is 55.6 Å². The van der Waals surface area contributed by atoms with Gasteiger partial charge in [0.1, 0.15) is 10.4 Å². The van der Waals surface area contributed by atoms with E-state index in [1.807, 2.05) is 0 Å². The molecule has 1 atom stereocenters. The van der Waals surface area contributed by atoms with Gasteiger partial charge in [0.2, 0.25) is 11.9 Å². The highest BCUT2D eigenvalue weighted by Crippen LogP contribution is 2.42. The van der Waals surface area contributed by atoms with Crippen molar-refractivity contribution in [3.05, 3.63) is 51.0 Å². The van der Waals surface area contributed by atoms with Crippen LogP contribution in [-0.4, -0.2) is 66.5 Å². The number of halogens is 4. The van der Waals surface area contributed by atoms with Crippen molar-refractivity contribution >= 4 is 56.2 Å². The van der Waals surface area contributed by atoms with Gasteiger partial charge in [0.15, 0.2) is 9.84 Å². The molecule has 0 spiro atoms. The van der Waals surface area contributed by atoms with Crippen LogP contribution in [0.15, 0.2) is 29.3 Å². The molecule has 3 aliphatic rings. The van der Waals surface area contributed by atoms with Gasteiger partial charge in [-0.1, -0.05) is 11.6 Å². The quantitative estimate of drug-likeness (QED) is 0.338. The molecule has 3 aliphatic heterocycles. The number of rotatable bonds is 0. The summed E-state index contributed by atoms with van der Waals surface area (Å²) in [6.45, 7) is 0.937. The van der Waals surface area contributed by atoms with Gasteiger partial charge < -0.3 is 20.9 Å². The van der Waals surface area contributed by atoms with Crippen LogP contribution in [0, 0.1) is 0 Å².